The summed E-state index contributed by atoms with van der Waals surface area (Å²) >= 11 is 0. The van der Waals surface area contributed by atoms with E-state index in [-0.39, 0.29) is 11.0 Å². The van der Waals surface area contributed by atoms with E-state index in [1.807, 2.05) is 0 Å². The molecule has 1 nitrogen and oxygen atoms in total. The summed E-state index contributed by atoms with van der Waals surface area (Å²) in [6.45, 7) is 22.0. The lowest BCUT2D eigenvalue weighted by Gasteiger charge is -2.42. The Morgan fingerprint density at radius 3 is 2.21 bits per heavy atom. The molecule has 1 aromatic rings. The van der Waals surface area contributed by atoms with E-state index < -0.39 is 8.24 Å². The molecule has 1 fully saturated rings. The van der Waals surface area contributed by atoms with Gasteiger partial charge < -0.3 is 4.98 Å². The van der Waals surface area contributed by atoms with Crippen LogP contribution in [0.3, 0.4) is 0 Å². The van der Waals surface area contributed by atoms with Gasteiger partial charge in [0.1, 0.15) is 8.24 Å². The van der Waals surface area contributed by atoms with Crippen LogP contribution < -0.4 is 4.98 Å². The minimum absolute atomic E-state index is 0.130. The molecular formula is C26H39NSi. The third-order valence-corrected chi connectivity index (χ3v) is 11.9. The number of nitrogens with one attached hydrogen (secondary N) is 1. The molecule has 0 heterocycles. The second-order valence-corrected chi connectivity index (χ2v) is 16.2. The molecule has 1 saturated carbocycles. The first-order chi connectivity index (χ1) is 12.8. The number of allylic oxidation sites excluding steroid dienone is 4. The predicted octanol–water partition coefficient (Wildman–Crippen LogP) is 6.78. The lowest BCUT2D eigenvalue weighted by Crippen LogP contribution is -2.58. The molecule has 0 aromatic heterocycles. The van der Waals surface area contributed by atoms with Gasteiger partial charge >= 0.3 is 0 Å². The lowest BCUT2D eigenvalue weighted by molar-refractivity contribution is 0.390. The van der Waals surface area contributed by atoms with Gasteiger partial charge in [-0.1, -0.05) is 77.2 Å². The van der Waals surface area contributed by atoms with E-state index in [0.29, 0.717) is 11.8 Å². The van der Waals surface area contributed by atoms with Crippen molar-refractivity contribution in [3.63, 3.8) is 0 Å². The van der Waals surface area contributed by atoms with E-state index in [4.69, 9.17) is 0 Å². The second-order valence-electron chi connectivity index (χ2n) is 11.8. The van der Waals surface area contributed by atoms with Gasteiger partial charge in [-0.15, -0.1) is 0 Å². The Morgan fingerprint density at radius 2 is 1.57 bits per heavy atom. The number of benzene rings is 1. The smallest absolute Gasteiger partial charge is 0.123 e. The first-order valence-corrected chi connectivity index (χ1v) is 14.3. The van der Waals surface area contributed by atoms with Crippen LogP contribution in [0.15, 0.2) is 42.0 Å². The topological polar surface area (TPSA) is 12.0 Å². The number of rotatable bonds is 2. The summed E-state index contributed by atoms with van der Waals surface area (Å²) in [4.78, 5) is 4.11. The summed E-state index contributed by atoms with van der Waals surface area (Å²) < 4.78 is 0. The van der Waals surface area contributed by atoms with Crippen LogP contribution in [0.4, 0.5) is 0 Å². The summed E-state index contributed by atoms with van der Waals surface area (Å²) in [6.07, 6.45) is 5.40. The Labute approximate surface area is 173 Å². The zero-order valence-corrected chi connectivity index (χ0v) is 20.4. The zero-order chi connectivity index (χ0) is 20.6. The van der Waals surface area contributed by atoms with Crippen molar-refractivity contribution in [3.8, 4) is 0 Å². The zero-order valence-electron chi connectivity index (χ0n) is 19.4. The molecule has 1 aromatic carbocycles. The van der Waals surface area contributed by atoms with Gasteiger partial charge in [0.25, 0.3) is 0 Å². The van der Waals surface area contributed by atoms with Gasteiger partial charge in [0.2, 0.25) is 0 Å². The Kier molecular flexibility index (Phi) is 4.45. The molecule has 152 valence electrons. The molecule has 28 heavy (non-hydrogen) atoms. The molecule has 0 spiro atoms. The highest BCUT2D eigenvalue weighted by molar-refractivity contribution is 6.76. The number of hydrogen-bond acceptors (Lipinski definition) is 1. The fourth-order valence-electron chi connectivity index (χ4n) is 7.04. The van der Waals surface area contributed by atoms with Crippen LogP contribution in [0, 0.1) is 23.7 Å². The molecule has 4 rings (SSSR count). The Morgan fingerprint density at radius 1 is 0.929 bits per heavy atom. The first-order valence-electron chi connectivity index (χ1n) is 11.2. The lowest BCUT2D eigenvalue weighted by atomic mass is 9.75. The number of fused-ring (bicyclic) bond motifs is 4. The van der Waals surface area contributed by atoms with Crippen molar-refractivity contribution >= 4 is 13.8 Å². The third kappa shape index (κ3) is 2.90. The second kappa shape index (κ2) is 6.19. The van der Waals surface area contributed by atoms with Gasteiger partial charge in [-0.25, -0.2) is 0 Å². The maximum atomic E-state index is 4.11. The van der Waals surface area contributed by atoms with Crippen molar-refractivity contribution in [1.29, 1.82) is 0 Å². The first kappa shape index (κ1) is 20.2. The highest BCUT2D eigenvalue weighted by Gasteiger charge is 2.54. The van der Waals surface area contributed by atoms with Gasteiger partial charge in [-0.2, -0.15) is 0 Å². The van der Waals surface area contributed by atoms with Crippen LogP contribution >= 0.6 is 0 Å². The molecule has 0 bridgehead atoms. The molecule has 2 heteroatoms. The highest BCUT2D eigenvalue weighted by Crippen LogP contribution is 2.61. The SMILES string of the molecule is CC1C(C)C([Si](C)(C)NC(C)(C)C)C2C=C3C(=CC12)C(C)(C)c1ccccc13. The molecule has 3 aliphatic rings. The highest BCUT2D eigenvalue weighted by atomic mass is 28.3. The van der Waals surface area contributed by atoms with E-state index in [9.17, 15) is 0 Å². The van der Waals surface area contributed by atoms with Crippen molar-refractivity contribution in [2.45, 2.75) is 78.1 Å². The van der Waals surface area contributed by atoms with Gasteiger partial charge in [-0.05, 0) is 72.3 Å². The maximum Gasteiger partial charge on any atom is 0.123 e. The Balaban J connectivity index is 1.81. The van der Waals surface area contributed by atoms with Crippen LogP contribution in [-0.4, -0.2) is 13.8 Å². The molecular weight excluding hydrogens is 354 g/mol. The third-order valence-electron chi connectivity index (χ3n) is 7.96. The molecule has 0 aliphatic heterocycles. The average molecular weight is 394 g/mol. The van der Waals surface area contributed by atoms with Crippen molar-refractivity contribution in [2.24, 2.45) is 23.7 Å². The average Bonchev–Trinajstić information content (AvgIpc) is 2.94. The Hall–Kier alpha value is -1.12. The van der Waals surface area contributed by atoms with Crippen LogP contribution in [0.5, 0.6) is 0 Å². The van der Waals surface area contributed by atoms with Crippen LogP contribution in [0.1, 0.15) is 59.6 Å². The van der Waals surface area contributed by atoms with Crippen molar-refractivity contribution in [1.82, 2.24) is 4.98 Å². The maximum absolute atomic E-state index is 4.11. The van der Waals surface area contributed by atoms with Gasteiger partial charge in [0, 0.05) is 11.0 Å². The standard InChI is InChI=1S/C26H39NSi/c1-16-17(2)24(28(8,9)27-25(3,4)5)21-14-20-18-12-10-11-13-22(18)26(6,7)23(20)15-19(16)21/h10-17,19,21,24,27H,1-9H3. The summed E-state index contributed by atoms with van der Waals surface area (Å²) in [5, 5.41) is 0. The predicted molar refractivity (Wildman–Crippen MR) is 125 cm³/mol. The van der Waals surface area contributed by atoms with E-state index >= 15 is 0 Å². The van der Waals surface area contributed by atoms with Crippen molar-refractivity contribution in [2.75, 3.05) is 0 Å². The Bertz CT molecular complexity index is 851. The van der Waals surface area contributed by atoms with E-state index in [1.165, 1.54) is 16.7 Å². The van der Waals surface area contributed by atoms with E-state index in [1.54, 1.807) is 5.57 Å². The number of hydrogen-bond donors (Lipinski definition) is 1. The van der Waals surface area contributed by atoms with Crippen molar-refractivity contribution in [3.05, 3.63) is 53.1 Å². The van der Waals surface area contributed by atoms with Crippen LogP contribution in [0.25, 0.3) is 5.57 Å². The summed E-state index contributed by atoms with van der Waals surface area (Å²) in [5.41, 5.74) is 7.19. The van der Waals surface area contributed by atoms with E-state index in [2.05, 4.69) is 103 Å². The van der Waals surface area contributed by atoms with Gasteiger partial charge in [0.05, 0.1) is 0 Å². The molecule has 0 radical (unpaired) electrons. The molecule has 5 atom stereocenters. The van der Waals surface area contributed by atoms with Gasteiger partial charge in [-0.3, -0.25) is 0 Å². The molecule has 3 aliphatic carbocycles. The van der Waals surface area contributed by atoms with Gasteiger partial charge in [0.15, 0.2) is 0 Å². The molecule has 5 unspecified atom stereocenters. The molecule has 1 N–H and O–H groups in total. The summed E-state index contributed by atoms with van der Waals surface area (Å²) in [7, 11) is -1.61. The minimum atomic E-state index is -1.61. The quantitative estimate of drug-likeness (QED) is 0.546. The summed E-state index contributed by atoms with van der Waals surface area (Å²) in [6, 6.07) is 9.10. The van der Waals surface area contributed by atoms with Crippen LogP contribution in [0.2, 0.25) is 18.6 Å². The van der Waals surface area contributed by atoms with Crippen molar-refractivity contribution < 1.29 is 0 Å². The minimum Gasteiger partial charge on any atom is -0.332 e. The monoisotopic (exact) mass is 393 g/mol. The normalized spacial score (nSPS) is 33.7. The summed E-state index contributed by atoms with van der Waals surface area (Å²) in [5.74, 6) is 2.86. The fourth-order valence-corrected chi connectivity index (χ4v) is 12.0. The largest absolute Gasteiger partial charge is 0.332 e. The van der Waals surface area contributed by atoms with Crippen LogP contribution in [-0.2, 0) is 5.41 Å². The molecule has 0 amide bonds. The molecule has 0 saturated heterocycles. The van der Waals surface area contributed by atoms with E-state index in [0.717, 1.165) is 17.4 Å². The fraction of sp³-hybridized carbons (Fsp3) is 0.615.